The molecule has 1 aliphatic rings. The molecule has 1 saturated carbocycles. The van der Waals surface area contributed by atoms with Crippen molar-refractivity contribution in [3.63, 3.8) is 0 Å². The van der Waals surface area contributed by atoms with Gasteiger partial charge in [-0.25, -0.2) is 0 Å². The Labute approximate surface area is 99.1 Å². The zero-order chi connectivity index (χ0) is 12.3. The van der Waals surface area contributed by atoms with E-state index in [1.54, 1.807) is 0 Å². The van der Waals surface area contributed by atoms with Crippen LogP contribution in [0.1, 0.15) is 40.0 Å². The van der Waals surface area contributed by atoms with Gasteiger partial charge in [0, 0.05) is 12.6 Å². The molecular formula is C13H24N2O. The highest BCUT2D eigenvalue weighted by Gasteiger charge is 2.33. The van der Waals surface area contributed by atoms with Gasteiger partial charge in [0.2, 0.25) is 0 Å². The van der Waals surface area contributed by atoms with Crippen molar-refractivity contribution in [3.05, 3.63) is 0 Å². The SMILES string of the molecule is CC1CCC(C#N)C(N(C)CC(C)(C)O)C1. The summed E-state index contributed by atoms with van der Waals surface area (Å²) in [5, 5.41) is 19.0. The first kappa shape index (κ1) is 13.5. The fourth-order valence-corrected chi connectivity index (χ4v) is 2.72. The minimum atomic E-state index is -0.685. The maximum atomic E-state index is 9.82. The molecule has 3 unspecified atom stereocenters. The maximum Gasteiger partial charge on any atom is 0.0718 e. The number of hydrogen-bond acceptors (Lipinski definition) is 3. The molecule has 1 aliphatic carbocycles. The van der Waals surface area contributed by atoms with Gasteiger partial charge in [-0.15, -0.1) is 0 Å². The third-order valence-electron chi connectivity index (χ3n) is 3.45. The van der Waals surface area contributed by atoms with Crippen molar-refractivity contribution in [2.24, 2.45) is 11.8 Å². The van der Waals surface area contributed by atoms with E-state index in [4.69, 9.17) is 5.26 Å². The van der Waals surface area contributed by atoms with Gasteiger partial charge in [-0.1, -0.05) is 6.92 Å². The molecule has 0 aromatic carbocycles. The third-order valence-corrected chi connectivity index (χ3v) is 3.45. The molecule has 0 amide bonds. The Kier molecular flexibility index (Phi) is 4.35. The second-order valence-electron chi connectivity index (χ2n) is 5.95. The van der Waals surface area contributed by atoms with Gasteiger partial charge in [0.15, 0.2) is 0 Å². The number of nitrogens with zero attached hydrogens (tertiary/aromatic N) is 2. The van der Waals surface area contributed by atoms with Gasteiger partial charge in [0.25, 0.3) is 0 Å². The van der Waals surface area contributed by atoms with Gasteiger partial charge < -0.3 is 5.11 Å². The van der Waals surface area contributed by atoms with Crippen LogP contribution < -0.4 is 0 Å². The molecule has 0 bridgehead atoms. The van der Waals surface area contributed by atoms with E-state index in [0.717, 1.165) is 19.3 Å². The summed E-state index contributed by atoms with van der Waals surface area (Å²) in [6.07, 6.45) is 3.23. The van der Waals surface area contributed by atoms with Gasteiger partial charge in [0.05, 0.1) is 17.6 Å². The minimum Gasteiger partial charge on any atom is -0.389 e. The van der Waals surface area contributed by atoms with Gasteiger partial charge in [0.1, 0.15) is 0 Å². The van der Waals surface area contributed by atoms with Crippen molar-refractivity contribution >= 4 is 0 Å². The fourth-order valence-electron chi connectivity index (χ4n) is 2.72. The van der Waals surface area contributed by atoms with Crippen LogP contribution in [0.25, 0.3) is 0 Å². The highest BCUT2D eigenvalue weighted by atomic mass is 16.3. The molecule has 3 heteroatoms. The van der Waals surface area contributed by atoms with E-state index >= 15 is 0 Å². The topological polar surface area (TPSA) is 47.3 Å². The highest BCUT2D eigenvalue weighted by molar-refractivity contribution is 4.97. The lowest BCUT2D eigenvalue weighted by molar-refractivity contribution is 0.0141. The van der Waals surface area contributed by atoms with E-state index < -0.39 is 5.60 Å². The number of aliphatic hydroxyl groups is 1. The Balaban J connectivity index is 2.64. The van der Waals surface area contributed by atoms with Gasteiger partial charge in [-0.05, 0) is 46.1 Å². The van der Waals surface area contributed by atoms with Crippen LogP contribution in [0.5, 0.6) is 0 Å². The van der Waals surface area contributed by atoms with Crippen LogP contribution >= 0.6 is 0 Å². The first-order chi connectivity index (χ1) is 7.33. The Hall–Kier alpha value is -0.590. The van der Waals surface area contributed by atoms with Crippen molar-refractivity contribution in [3.8, 4) is 6.07 Å². The number of nitriles is 1. The molecule has 1 rings (SSSR count). The van der Waals surface area contributed by atoms with E-state index in [9.17, 15) is 5.11 Å². The third kappa shape index (κ3) is 3.77. The summed E-state index contributed by atoms with van der Waals surface area (Å²) in [6.45, 7) is 6.51. The predicted octanol–water partition coefficient (Wildman–Crippen LogP) is 2.02. The molecule has 1 N–H and O–H groups in total. The fraction of sp³-hybridized carbons (Fsp3) is 0.923. The summed E-state index contributed by atoms with van der Waals surface area (Å²) in [5.74, 6) is 0.822. The molecule has 0 aromatic rings. The van der Waals surface area contributed by atoms with Crippen molar-refractivity contribution in [2.75, 3.05) is 13.6 Å². The Bertz CT molecular complexity index is 264. The van der Waals surface area contributed by atoms with Crippen LogP contribution in [0.3, 0.4) is 0 Å². The lowest BCUT2D eigenvalue weighted by atomic mass is 9.79. The average molecular weight is 224 g/mol. The number of rotatable bonds is 3. The van der Waals surface area contributed by atoms with Crippen LogP contribution in [-0.4, -0.2) is 35.2 Å². The molecule has 0 saturated heterocycles. The molecule has 0 heterocycles. The van der Waals surface area contributed by atoms with Crippen molar-refractivity contribution in [2.45, 2.75) is 51.7 Å². The molecule has 3 nitrogen and oxygen atoms in total. The summed E-state index contributed by atoms with van der Waals surface area (Å²) in [7, 11) is 2.02. The number of likely N-dealkylation sites (N-methyl/N-ethyl adjacent to an activating group) is 1. The second-order valence-corrected chi connectivity index (χ2v) is 5.95. The Morgan fingerprint density at radius 1 is 1.44 bits per heavy atom. The van der Waals surface area contributed by atoms with E-state index in [2.05, 4.69) is 17.9 Å². The summed E-state index contributed by atoms with van der Waals surface area (Å²) < 4.78 is 0. The van der Waals surface area contributed by atoms with E-state index in [1.165, 1.54) is 0 Å². The van der Waals surface area contributed by atoms with Crippen LogP contribution in [0.4, 0.5) is 0 Å². The highest BCUT2D eigenvalue weighted by Crippen LogP contribution is 2.31. The molecular weight excluding hydrogens is 200 g/mol. The normalized spacial score (nSPS) is 31.4. The zero-order valence-corrected chi connectivity index (χ0v) is 10.9. The Morgan fingerprint density at radius 2 is 2.06 bits per heavy atom. The Morgan fingerprint density at radius 3 is 2.56 bits per heavy atom. The average Bonchev–Trinajstić information content (AvgIpc) is 2.15. The van der Waals surface area contributed by atoms with Gasteiger partial charge in [-0.2, -0.15) is 5.26 Å². The maximum absolute atomic E-state index is 9.82. The van der Waals surface area contributed by atoms with Crippen molar-refractivity contribution in [1.29, 1.82) is 5.26 Å². The predicted molar refractivity (Wildman–Crippen MR) is 64.8 cm³/mol. The minimum absolute atomic E-state index is 0.128. The van der Waals surface area contributed by atoms with Crippen LogP contribution in [-0.2, 0) is 0 Å². The van der Waals surface area contributed by atoms with Crippen LogP contribution in [0, 0.1) is 23.2 Å². The summed E-state index contributed by atoms with van der Waals surface area (Å²) in [6, 6.07) is 2.72. The molecule has 0 aromatic heterocycles. The molecule has 0 radical (unpaired) electrons. The van der Waals surface area contributed by atoms with Crippen molar-refractivity contribution in [1.82, 2.24) is 4.90 Å². The lowest BCUT2D eigenvalue weighted by Gasteiger charge is -2.39. The standard InChI is InChI=1S/C13H24N2O/c1-10-5-6-11(8-14)12(7-10)15(4)9-13(2,3)16/h10-12,16H,5-7,9H2,1-4H3. The zero-order valence-electron chi connectivity index (χ0n) is 10.9. The molecule has 16 heavy (non-hydrogen) atoms. The lowest BCUT2D eigenvalue weighted by Crippen LogP contribution is -2.47. The molecule has 3 atom stereocenters. The van der Waals surface area contributed by atoms with Crippen LogP contribution in [0.2, 0.25) is 0 Å². The first-order valence-electron chi connectivity index (χ1n) is 6.15. The van der Waals surface area contributed by atoms with E-state index in [0.29, 0.717) is 18.5 Å². The summed E-state index contributed by atoms with van der Waals surface area (Å²) in [4.78, 5) is 2.16. The molecule has 1 fully saturated rings. The largest absolute Gasteiger partial charge is 0.389 e. The van der Waals surface area contributed by atoms with E-state index in [1.807, 2.05) is 20.9 Å². The van der Waals surface area contributed by atoms with Crippen LogP contribution in [0.15, 0.2) is 0 Å². The van der Waals surface area contributed by atoms with Gasteiger partial charge in [-0.3, -0.25) is 4.90 Å². The second kappa shape index (κ2) is 5.16. The smallest absolute Gasteiger partial charge is 0.0718 e. The molecule has 0 spiro atoms. The quantitative estimate of drug-likeness (QED) is 0.797. The summed E-state index contributed by atoms with van der Waals surface area (Å²) in [5.41, 5.74) is -0.685. The van der Waals surface area contributed by atoms with E-state index in [-0.39, 0.29) is 5.92 Å². The van der Waals surface area contributed by atoms with Gasteiger partial charge >= 0.3 is 0 Å². The first-order valence-corrected chi connectivity index (χ1v) is 6.15. The number of hydrogen-bond donors (Lipinski definition) is 1. The summed E-state index contributed by atoms with van der Waals surface area (Å²) >= 11 is 0. The molecule has 92 valence electrons. The molecule has 0 aliphatic heterocycles. The monoisotopic (exact) mass is 224 g/mol. The van der Waals surface area contributed by atoms with Crippen molar-refractivity contribution < 1.29 is 5.11 Å².